The van der Waals surface area contributed by atoms with E-state index in [9.17, 15) is 12.8 Å². The van der Waals surface area contributed by atoms with Gasteiger partial charge in [0.05, 0.1) is 15.6 Å². The molecule has 0 unspecified atom stereocenters. The molecule has 3 aromatic rings. The molecule has 4 rings (SSSR count). The lowest BCUT2D eigenvalue weighted by molar-refractivity contribution is 0.384. The van der Waals surface area contributed by atoms with Crippen molar-refractivity contribution >= 4 is 38.1 Å². The van der Waals surface area contributed by atoms with E-state index in [0.717, 1.165) is 28.5 Å². The van der Waals surface area contributed by atoms with E-state index in [1.54, 1.807) is 11.3 Å². The summed E-state index contributed by atoms with van der Waals surface area (Å²) in [7, 11) is -3.72. The molecule has 1 aliphatic heterocycles. The number of thiazole rings is 1. The van der Waals surface area contributed by atoms with E-state index in [-0.39, 0.29) is 9.92 Å². The van der Waals surface area contributed by atoms with Crippen LogP contribution in [0.4, 0.5) is 9.52 Å². The summed E-state index contributed by atoms with van der Waals surface area (Å²) in [6, 6.07) is 9.68. The zero-order valence-corrected chi connectivity index (χ0v) is 19.0. The summed E-state index contributed by atoms with van der Waals surface area (Å²) in [5.74, 6) is -0.635. The highest BCUT2D eigenvalue weighted by atomic mass is 35.5. The first kappa shape index (κ1) is 21.2. The minimum atomic E-state index is -3.72. The van der Waals surface area contributed by atoms with Gasteiger partial charge in [-0.15, -0.1) is 11.3 Å². The molecule has 0 saturated carbocycles. The molecule has 2 heterocycles. The number of benzene rings is 2. The molecule has 1 aromatic heterocycles. The van der Waals surface area contributed by atoms with Crippen LogP contribution in [0, 0.1) is 19.7 Å². The van der Waals surface area contributed by atoms with E-state index >= 15 is 0 Å². The van der Waals surface area contributed by atoms with Gasteiger partial charge in [0.2, 0.25) is 10.0 Å². The number of nitrogens with zero attached hydrogens (tertiary/aromatic N) is 3. The van der Waals surface area contributed by atoms with Gasteiger partial charge < -0.3 is 4.90 Å². The number of hydrogen-bond donors (Lipinski definition) is 0. The van der Waals surface area contributed by atoms with Gasteiger partial charge in [-0.2, -0.15) is 4.31 Å². The van der Waals surface area contributed by atoms with Gasteiger partial charge in [0.1, 0.15) is 5.82 Å². The first-order valence-electron chi connectivity index (χ1n) is 9.49. The van der Waals surface area contributed by atoms with Gasteiger partial charge in [0, 0.05) is 37.1 Å². The van der Waals surface area contributed by atoms with Crippen molar-refractivity contribution < 1.29 is 12.8 Å². The minimum Gasteiger partial charge on any atom is -0.345 e. The van der Waals surface area contributed by atoms with Crippen LogP contribution in [0.1, 0.15) is 11.1 Å². The first-order chi connectivity index (χ1) is 14.3. The van der Waals surface area contributed by atoms with E-state index in [1.807, 2.05) is 11.4 Å². The number of aromatic nitrogens is 1. The fourth-order valence-corrected chi connectivity index (χ4v) is 6.21. The van der Waals surface area contributed by atoms with Gasteiger partial charge in [-0.25, -0.2) is 17.8 Å². The Morgan fingerprint density at radius 1 is 1.07 bits per heavy atom. The lowest BCUT2D eigenvalue weighted by Gasteiger charge is -2.33. The fraction of sp³-hybridized carbons (Fsp3) is 0.286. The molecule has 30 heavy (non-hydrogen) atoms. The Labute approximate surface area is 184 Å². The molecule has 9 heteroatoms. The lowest BCUT2D eigenvalue weighted by atomic mass is 10.0. The standard InChI is InChI=1S/C21H21ClFN3O2S2/c1-14-4-3-5-15(2)20(14)19-13-29-21(24-19)25-8-10-26(11-9-25)30(27,28)16-6-7-18(23)17(22)12-16/h3-7,12-13H,8-11H2,1-2H3. The van der Waals surface area contributed by atoms with Crippen molar-refractivity contribution in [1.29, 1.82) is 0 Å². The van der Waals surface area contributed by atoms with E-state index < -0.39 is 15.8 Å². The number of aryl methyl sites for hydroxylation is 2. The molecule has 1 aliphatic rings. The summed E-state index contributed by atoms with van der Waals surface area (Å²) in [5, 5.41) is 2.74. The Kier molecular flexibility index (Phi) is 5.85. The predicted molar refractivity (Wildman–Crippen MR) is 119 cm³/mol. The summed E-state index contributed by atoms with van der Waals surface area (Å²) < 4.78 is 40.5. The van der Waals surface area contributed by atoms with Crippen molar-refractivity contribution in [2.45, 2.75) is 18.7 Å². The second-order valence-electron chi connectivity index (χ2n) is 7.25. The molecule has 158 valence electrons. The average Bonchev–Trinajstić information content (AvgIpc) is 3.19. The van der Waals surface area contributed by atoms with Gasteiger partial charge in [0.25, 0.3) is 0 Å². The van der Waals surface area contributed by atoms with Crippen LogP contribution in [0.3, 0.4) is 0 Å². The maximum atomic E-state index is 13.4. The van der Waals surface area contributed by atoms with Crippen molar-refractivity contribution in [2.24, 2.45) is 0 Å². The van der Waals surface area contributed by atoms with Crippen molar-refractivity contribution in [3.05, 3.63) is 63.7 Å². The second kappa shape index (κ2) is 8.26. The van der Waals surface area contributed by atoms with Crippen LogP contribution in [0.15, 0.2) is 46.7 Å². The van der Waals surface area contributed by atoms with Crippen molar-refractivity contribution in [3.63, 3.8) is 0 Å². The van der Waals surface area contributed by atoms with Gasteiger partial charge in [-0.1, -0.05) is 29.8 Å². The maximum absolute atomic E-state index is 13.4. The minimum absolute atomic E-state index is 0.00825. The zero-order chi connectivity index (χ0) is 21.5. The molecular formula is C21H21ClFN3O2S2. The van der Waals surface area contributed by atoms with Gasteiger partial charge in [0.15, 0.2) is 5.13 Å². The topological polar surface area (TPSA) is 53.5 Å². The quantitative estimate of drug-likeness (QED) is 0.559. The Bertz CT molecular complexity index is 1170. The van der Waals surface area contributed by atoms with E-state index in [1.165, 1.54) is 21.5 Å². The van der Waals surface area contributed by atoms with Crippen molar-refractivity contribution in [2.75, 3.05) is 31.1 Å². The summed E-state index contributed by atoms with van der Waals surface area (Å²) in [6.45, 7) is 5.88. The fourth-order valence-electron chi connectivity index (χ4n) is 3.65. The molecule has 0 atom stereocenters. The molecule has 0 radical (unpaired) electrons. The van der Waals surface area contributed by atoms with Gasteiger partial charge in [-0.3, -0.25) is 0 Å². The molecule has 0 spiro atoms. The number of hydrogen-bond acceptors (Lipinski definition) is 5. The summed E-state index contributed by atoms with van der Waals surface area (Å²) in [4.78, 5) is 6.92. The van der Waals surface area contributed by atoms with Crippen LogP contribution >= 0.6 is 22.9 Å². The highest BCUT2D eigenvalue weighted by Gasteiger charge is 2.30. The molecule has 1 saturated heterocycles. The average molecular weight is 466 g/mol. The molecule has 0 aliphatic carbocycles. The second-order valence-corrected chi connectivity index (χ2v) is 10.4. The first-order valence-corrected chi connectivity index (χ1v) is 12.2. The van der Waals surface area contributed by atoms with Crippen LogP contribution < -0.4 is 4.90 Å². The molecule has 5 nitrogen and oxygen atoms in total. The number of halogens is 2. The SMILES string of the molecule is Cc1cccc(C)c1-c1csc(N2CCN(S(=O)(=O)c3ccc(F)c(Cl)c3)CC2)n1. The van der Waals surface area contributed by atoms with Gasteiger partial charge in [-0.05, 0) is 43.2 Å². The third kappa shape index (κ3) is 3.97. The molecule has 0 N–H and O–H groups in total. The predicted octanol–water partition coefficient (Wildman–Crippen LogP) is 4.73. The molecule has 1 fully saturated rings. The van der Waals surface area contributed by atoms with Crippen LogP contribution in [-0.2, 0) is 10.0 Å². The number of anilines is 1. The lowest BCUT2D eigenvalue weighted by Crippen LogP contribution is -2.48. The Morgan fingerprint density at radius 3 is 2.37 bits per heavy atom. The van der Waals surface area contributed by atoms with Crippen molar-refractivity contribution in [3.8, 4) is 11.3 Å². The molecule has 0 bridgehead atoms. The molecule has 0 amide bonds. The summed E-state index contributed by atoms with van der Waals surface area (Å²) in [5.41, 5.74) is 4.46. The zero-order valence-electron chi connectivity index (χ0n) is 16.6. The van der Waals surface area contributed by atoms with Crippen LogP contribution in [0.5, 0.6) is 0 Å². The third-order valence-corrected chi connectivity index (χ3v) is 8.35. The highest BCUT2D eigenvalue weighted by molar-refractivity contribution is 7.89. The van der Waals surface area contributed by atoms with E-state index in [0.29, 0.717) is 26.2 Å². The number of piperazine rings is 1. The normalized spacial score (nSPS) is 15.5. The van der Waals surface area contributed by atoms with E-state index in [2.05, 4.69) is 30.9 Å². The van der Waals surface area contributed by atoms with Gasteiger partial charge >= 0.3 is 0 Å². The van der Waals surface area contributed by atoms with Crippen LogP contribution in [-0.4, -0.2) is 43.9 Å². The van der Waals surface area contributed by atoms with Crippen molar-refractivity contribution in [1.82, 2.24) is 9.29 Å². The number of rotatable bonds is 4. The molecule has 2 aromatic carbocycles. The highest BCUT2D eigenvalue weighted by Crippen LogP contribution is 2.32. The monoisotopic (exact) mass is 465 g/mol. The maximum Gasteiger partial charge on any atom is 0.243 e. The smallest absolute Gasteiger partial charge is 0.243 e. The molecular weight excluding hydrogens is 445 g/mol. The largest absolute Gasteiger partial charge is 0.345 e. The van der Waals surface area contributed by atoms with Crippen LogP contribution in [0.25, 0.3) is 11.3 Å². The van der Waals surface area contributed by atoms with Crippen LogP contribution in [0.2, 0.25) is 5.02 Å². The Balaban J connectivity index is 1.49. The summed E-state index contributed by atoms with van der Waals surface area (Å²) >= 11 is 7.33. The summed E-state index contributed by atoms with van der Waals surface area (Å²) in [6.07, 6.45) is 0. The van der Waals surface area contributed by atoms with E-state index in [4.69, 9.17) is 16.6 Å². The third-order valence-electron chi connectivity index (χ3n) is 5.27. The Morgan fingerprint density at radius 2 is 1.73 bits per heavy atom. The number of sulfonamides is 1. The Hall–Kier alpha value is -2.00.